The predicted octanol–water partition coefficient (Wildman–Crippen LogP) is 2.70. The smallest absolute Gasteiger partial charge is 0.132 e. The Kier molecular flexibility index (Phi) is 7.00. The molecule has 114 valence electrons. The van der Waals surface area contributed by atoms with Crippen molar-refractivity contribution >= 4 is 30.6 Å². The van der Waals surface area contributed by atoms with Crippen LogP contribution in [0.3, 0.4) is 0 Å². The van der Waals surface area contributed by atoms with Gasteiger partial charge >= 0.3 is 0 Å². The summed E-state index contributed by atoms with van der Waals surface area (Å²) in [5, 5.41) is 3.41. The number of aromatic nitrogens is 2. The van der Waals surface area contributed by atoms with E-state index in [4.69, 9.17) is 0 Å². The number of nitrogens with zero attached hydrogens (tertiary/aromatic N) is 3. The molecule has 2 saturated heterocycles. The van der Waals surface area contributed by atoms with E-state index in [9.17, 15) is 0 Å². The van der Waals surface area contributed by atoms with Gasteiger partial charge in [-0.2, -0.15) is 0 Å². The second-order valence-electron chi connectivity index (χ2n) is 5.42. The Morgan fingerprint density at radius 3 is 2.40 bits per heavy atom. The number of nitrogens with one attached hydrogen (secondary N) is 1. The normalized spacial score (nSPS) is 19.4. The summed E-state index contributed by atoms with van der Waals surface area (Å²) in [6.07, 6.45) is 5.00. The summed E-state index contributed by atoms with van der Waals surface area (Å²) in [5.74, 6) is 2.69. The Balaban J connectivity index is 0.000001000. The SMILES string of the molecule is Cc1nc(C2CCNCC2)cc(N2CCCC2)n1.Cl.Cl. The molecule has 0 atom stereocenters. The molecule has 1 aromatic rings. The van der Waals surface area contributed by atoms with Crippen LogP contribution in [-0.4, -0.2) is 36.1 Å². The van der Waals surface area contributed by atoms with Crippen LogP contribution in [0.4, 0.5) is 5.82 Å². The Morgan fingerprint density at radius 2 is 1.75 bits per heavy atom. The van der Waals surface area contributed by atoms with Gasteiger partial charge in [0.15, 0.2) is 0 Å². The predicted molar refractivity (Wildman–Crippen MR) is 87.6 cm³/mol. The number of hydrogen-bond acceptors (Lipinski definition) is 4. The Bertz CT molecular complexity index is 416. The zero-order valence-electron chi connectivity index (χ0n) is 12.0. The number of piperidine rings is 1. The molecule has 4 nitrogen and oxygen atoms in total. The molecule has 3 rings (SSSR count). The van der Waals surface area contributed by atoms with E-state index in [0.29, 0.717) is 5.92 Å². The highest BCUT2D eigenvalue weighted by Gasteiger charge is 2.20. The second kappa shape index (κ2) is 8.01. The van der Waals surface area contributed by atoms with Crippen LogP contribution < -0.4 is 10.2 Å². The van der Waals surface area contributed by atoms with E-state index < -0.39 is 0 Å². The summed E-state index contributed by atoms with van der Waals surface area (Å²) in [6.45, 7) is 6.56. The fourth-order valence-electron chi connectivity index (χ4n) is 3.01. The van der Waals surface area contributed by atoms with E-state index in [1.165, 1.54) is 31.4 Å². The number of rotatable bonds is 2. The van der Waals surface area contributed by atoms with Crippen molar-refractivity contribution in [3.05, 3.63) is 17.6 Å². The molecule has 0 unspecified atom stereocenters. The van der Waals surface area contributed by atoms with Crippen LogP contribution in [0.25, 0.3) is 0 Å². The van der Waals surface area contributed by atoms with Crippen LogP contribution in [0.1, 0.15) is 43.1 Å². The Hall–Kier alpha value is -0.580. The zero-order valence-corrected chi connectivity index (χ0v) is 13.6. The maximum absolute atomic E-state index is 4.66. The maximum atomic E-state index is 4.66. The van der Waals surface area contributed by atoms with Crippen molar-refractivity contribution in [1.82, 2.24) is 15.3 Å². The van der Waals surface area contributed by atoms with Gasteiger partial charge < -0.3 is 10.2 Å². The molecule has 0 aliphatic carbocycles. The fourth-order valence-corrected chi connectivity index (χ4v) is 3.01. The van der Waals surface area contributed by atoms with Crippen molar-refractivity contribution in [1.29, 1.82) is 0 Å². The van der Waals surface area contributed by atoms with Crippen molar-refractivity contribution in [2.45, 2.75) is 38.5 Å². The molecule has 1 N–H and O–H groups in total. The first-order valence-electron chi connectivity index (χ1n) is 7.14. The van der Waals surface area contributed by atoms with Gasteiger partial charge in [-0.15, -0.1) is 24.8 Å². The highest BCUT2D eigenvalue weighted by Crippen LogP contribution is 2.27. The third kappa shape index (κ3) is 3.96. The van der Waals surface area contributed by atoms with Gasteiger partial charge in [-0.25, -0.2) is 9.97 Å². The first kappa shape index (κ1) is 17.5. The monoisotopic (exact) mass is 318 g/mol. The lowest BCUT2D eigenvalue weighted by Crippen LogP contribution is -2.27. The lowest BCUT2D eigenvalue weighted by Gasteiger charge is -2.24. The Morgan fingerprint density at radius 1 is 1.10 bits per heavy atom. The molecule has 20 heavy (non-hydrogen) atoms. The van der Waals surface area contributed by atoms with E-state index in [2.05, 4.69) is 26.3 Å². The average molecular weight is 319 g/mol. The minimum Gasteiger partial charge on any atom is -0.357 e. The molecule has 0 aromatic carbocycles. The minimum atomic E-state index is 0. The summed E-state index contributed by atoms with van der Waals surface area (Å²) in [6, 6.07) is 2.23. The van der Waals surface area contributed by atoms with Crippen molar-refractivity contribution in [2.75, 3.05) is 31.1 Å². The highest BCUT2D eigenvalue weighted by molar-refractivity contribution is 5.85. The third-order valence-corrected chi connectivity index (χ3v) is 4.03. The third-order valence-electron chi connectivity index (χ3n) is 4.03. The van der Waals surface area contributed by atoms with E-state index >= 15 is 0 Å². The highest BCUT2D eigenvalue weighted by atomic mass is 35.5. The summed E-state index contributed by atoms with van der Waals surface area (Å²) in [7, 11) is 0. The molecule has 3 heterocycles. The summed E-state index contributed by atoms with van der Waals surface area (Å²) >= 11 is 0. The van der Waals surface area contributed by atoms with E-state index in [0.717, 1.165) is 37.8 Å². The summed E-state index contributed by atoms with van der Waals surface area (Å²) in [4.78, 5) is 11.7. The van der Waals surface area contributed by atoms with Gasteiger partial charge in [0.1, 0.15) is 11.6 Å². The lowest BCUT2D eigenvalue weighted by atomic mass is 9.94. The molecule has 2 fully saturated rings. The first-order valence-corrected chi connectivity index (χ1v) is 7.14. The van der Waals surface area contributed by atoms with Crippen molar-refractivity contribution in [3.63, 3.8) is 0 Å². The van der Waals surface area contributed by atoms with Gasteiger partial charge in [0.25, 0.3) is 0 Å². The summed E-state index contributed by atoms with van der Waals surface area (Å²) < 4.78 is 0. The minimum absolute atomic E-state index is 0. The van der Waals surface area contributed by atoms with Crippen LogP contribution in [0.2, 0.25) is 0 Å². The van der Waals surface area contributed by atoms with Gasteiger partial charge in [0, 0.05) is 30.8 Å². The standard InChI is InChI=1S/C14H22N4.2ClH/c1-11-16-13(12-4-6-15-7-5-12)10-14(17-11)18-8-2-3-9-18;;/h10,12,15H,2-9H2,1H3;2*1H. The van der Waals surface area contributed by atoms with Gasteiger partial charge in [0.05, 0.1) is 0 Å². The number of anilines is 1. The molecule has 0 radical (unpaired) electrons. The molecule has 0 bridgehead atoms. The van der Waals surface area contributed by atoms with Gasteiger partial charge in [-0.05, 0) is 45.7 Å². The summed E-state index contributed by atoms with van der Waals surface area (Å²) in [5.41, 5.74) is 1.26. The van der Waals surface area contributed by atoms with Crippen LogP contribution in [0.5, 0.6) is 0 Å². The van der Waals surface area contributed by atoms with Crippen molar-refractivity contribution in [2.24, 2.45) is 0 Å². The topological polar surface area (TPSA) is 41.1 Å². The van der Waals surface area contributed by atoms with Crippen LogP contribution in [0.15, 0.2) is 6.07 Å². The molecule has 0 saturated carbocycles. The first-order chi connectivity index (χ1) is 8.83. The fraction of sp³-hybridized carbons (Fsp3) is 0.714. The molecule has 2 aliphatic rings. The molecular formula is C14H24Cl2N4. The molecule has 2 aliphatic heterocycles. The average Bonchev–Trinajstić information content (AvgIpc) is 2.93. The number of aryl methyl sites for hydroxylation is 1. The van der Waals surface area contributed by atoms with Crippen LogP contribution >= 0.6 is 24.8 Å². The lowest BCUT2D eigenvalue weighted by molar-refractivity contribution is 0.452. The largest absolute Gasteiger partial charge is 0.357 e. The molecule has 0 spiro atoms. The number of halogens is 2. The quantitative estimate of drug-likeness (QED) is 0.910. The van der Waals surface area contributed by atoms with Gasteiger partial charge in [0.2, 0.25) is 0 Å². The van der Waals surface area contributed by atoms with Gasteiger partial charge in [-0.3, -0.25) is 0 Å². The maximum Gasteiger partial charge on any atom is 0.132 e. The van der Waals surface area contributed by atoms with Crippen molar-refractivity contribution in [3.8, 4) is 0 Å². The molecule has 0 amide bonds. The molecule has 6 heteroatoms. The van der Waals surface area contributed by atoms with Crippen molar-refractivity contribution < 1.29 is 0 Å². The molecule has 1 aromatic heterocycles. The second-order valence-corrected chi connectivity index (χ2v) is 5.42. The van der Waals surface area contributed by atoms with Crippen LogP contribution in [-0.2, 0) is 0 Å². The molecular weight excluding hydrogens is 295 g/mol. The van der Waals surface area contributed by atoms with E-state index in [1.807, 2.05) is 6.92 Å². The van der Waals surface area contributed by atoms with Gasteiger partial charge in [-0.1, -0.05) is 0 Å². The number of hydrogen-bond donors (Lipinski definition) is 1. The zero-order chi connectivity index (χ0) is 12.4. The van der Waals surface area contributed by atoms with E-state index in [1.54, 1.807) is 0 Å². The van der Waals surface area contributed by atoms with Crippen LogP contribution in [0, 0.1) is 6.92 Å². The van der Waals surface area contributed by atoms with E-state index in [-0.39, 0.29) is 24.8 Å². The Labute approximate surface area is 133 Å².